The molecule has 1 atom stereocenters. The highest BCUT2D eigenvalue weighted by atomic mass is 35.5. The average molecular weight is 226 g/mol. The Labute approximate surface area is 90.7 Å². The molecule has 6 nitrogen and oxygen atoms in total. The Morgan fingerprint density at radius 2 is 2.33 bits per heavy atom. The third kappa shape index (κ3) is 2.41. The van der Waals surface area contributed by atoms with Crippen molar-refractivity contribution in [3.63, 3.8) is 0 Å². The van der Waals surface area contributed by atoms with Crippen LogP contribution >= 0.6 is 11.6 Å². The van der Waals surface area contributed by atoms with E-state index in [4.69, 9.17) is 11.6 Å². The summed E-state index contributed by atoms with van der Waals surface area (Å²) in [5, 5.41) is 6.97. The molecule has 0 spiro atoms. The van der Waals surface area contributed by atoms with Crippen LogP contribution in [0, 0.1) is 0 Å². The largest absolute Gasteiger partial charge is 0.360 e. The molecule has 0 saturated carbocycles. The molecule has 0 saturated heterocycles. The smallest absolute Gasteiger partial charge is 0.224 e. The molecule has 0 aromatic carbocycles. The van der Waals surface area contributed by atoms with E-state index in [0.29, 0.717) is 11.6 Å². The second-order valence-electron chi connectivity index (χ2n) is 2.87. The summed E-state index contributed by atoms with van der Waals surface area (Å²) in [6.45, 7) is 1.89. The van der Waals surface area contributed by atoms with E-state index in [1.54, 1.807) is 12.3 Å². The van der Waals surface area contributed by atoms with E-state index >= 15 is 0 Å². The first kappa shape index (κ1) is 9.85. The van der Waals surface area contributed by atoms with Crippen molar-refractivity contribution in [2.24, 2.45) is 0 Å². The molecular formula is C8H8ClN5O. The van der Waals surface area contributed by atoms with Gasteiger partial charge in [0.1, 0.15) is 5.82 Å². The van der Waals surface area contributed by atoms with E-state index in [9.17, 15) is 0 Å². The Morgan fingerprint density at radius 1 is 1.47 bits per heavy atom. The molecule has 0 bridgehead atoms. The summed E-state index contributed by atoms with van der Waals surface area (Å²) in [6.07, 6.45) is 2.85. The van der Waals surface area contributed by atoms with E-state index < -0.39 is 0 Å². The lowest BCUT2D eigenvalue weighted by molar-refractivity contribution is 0.407. The van der Waals surface area contributed by atoms with Crippen molar-refractivity contribution in [1.82, 2.24) is 20.1 Å². The lowest BCUT2D eigenvalue weighted by Gasteiger charge is -2.09. The molecule has 0 fully saturated rings. The Morgan fingerprint density at radius 3 is 3.00 bits per heavy atom. The highest BCUT2D eigenvalue weighted by Gasteiger charge is 2.10. The minimum absolute atomic E-state index is 0.102. The van der Waals surface area contributed by atoms with Crippen molar-refractivity contribution in [3.8, 4) is 0 Å². The van der Waals surface area contributed by atoms with Crippen LogP contribution < -0.4 is 5.32 Å². The molecule has 15 heavy (non-hydrogen) atoms. The molecule has 0 aliphatic carbocycles. The standard InChI is InChI=1S/C8H8ClN5O/c1-5(7-11-4-15-14-7)12-6-2-3-10-8(9)13-6/h2-5H,1H3,(H,10,12,13). The number of nitrogens with one attached hydrogen (secondary N) is 1. The van der Waals surface area contributed by atoms with Crippen molar-refractivity contribution in [2.75, 3.05) is 5.32 Å². The van der Waals surface area contributed by atoms with Gasteiger partial charge in [-0.2, -0.15) is 4.98 Å². The molecule has 0 amide bonds. The topological polar surface area (TPSA) is 76.7 Å². The first-order valence-corrected chi connectivity index (χ1v) is 4.65. The van der Waals surface area contributed by atoms with E-state index in [1.165, 1.54) is 6.39 Å². The van der Waals surface area contributed by atoms with Gasteiger partial charge in [-0.15, -0.1) is 0 Å². The zero-order valence-corrected chi connectivity index (χ0v) is 8.64. The highest BCUT2D eigenvalue weighted by molar-refractivity contribution is 6.28. The van der Waals surface area contributed by atoms with Gasteiger partial charge in [0.15, 0.2) is 5.82 Å². The molecule has 0 radical (unpaired) electrons. The number of hydrogen-bond acceptors (Lipinski definition) is 6. The van der Waals surface area contributed by atoms with Crippen LogP contribution in [0.1, 0.15) is 18.8 Å². The number of aromatic nitrogens is 4. The molecule has 78 valence electrons. The first-order chi connectivity index (χ1) is 7.25. The second-order valence-corrected chi connectivity index (χ2v) is 3.20. The van der Waals surface area contributed by atoms with Crippen LogP contribution in [-0.2, 0) is 0 Å². The summed E-state index contributed by atoms with van der Waals surface area (Å²) in [6, 6.07) is 1.61. The van der Waals surface area contributed by atoms with Gasteiger partial charge in [-0.3, -0.25) is 0 Å². The van der Waals surface area contributed by atoms with Gasteiger partial charge in [0, 0.05) is 6.20 Å². The van der Waals surface area contributed by atoms with Gasteiger partial charge in [-0.05, 0) is 24.6 Å². The van der Waals surface area contributed by atoms with Gasteiger partial charge in [-0.1, -0.05) is 5.16 Å². The van der Waals surface area contributed by atoms with Gasteiger partial charge in [0.05, 0.1) is 6.04 Å². The van der Waals surface area contributed by atoms with Gasteiger partial charge >= 0.3 is 0 Å². The van der Waals surface area contributed by atoms with Crippen LogP contribution in [0.4, 0.5) is 5.82 Å². The van der Waals surface area contributed by atoms with Crippen molar-refractivity contribution in [3.05, 3.63) is 29.8 Å². The molecule has 0 aliphatic heterocycles. The van der Waals surface area contributed by atoms with Gasteiger partial charge in [0.2, 0.25) is 11.7 Å². The monoisotopic (exact) mass is 225 g/mol. The molecule has 0 aliphatic rings. The summed E-state index contributed by atoms with van der Waals surface area (Å²) in [5.74, 6) is 1.18. The molecule has 7 heteroatoms. The highest BCUT2D eigenvalue weighted by Crippen LogP contribution is 2.14. The predicted molar refractivity (Wildman–Crippen MR) is 53.4 cm³/mol. The zero-order valence-electron chi connectivity index (χ0n) is 7.88. The Balaban J connectivity index is 2.09. The summed E-state index contributed by atoms with van der Waals surface area (Å²) in [7, 11) is 0. The average Bonchev–Trinajstić information content (AvgIpc) is 2.70. The van der Waals surface area contributed by atoms with E-state index in [2.05, 4.69) is 29.9 Å². The van der Waals surface area contributed by atoms with Gasteiger partial charge in [0.25, 0.3) is 0 Å². The van der Waals surface area contributed by atoms with Crippen LogP contribution in [0.3, 0.4) is 0 Å². The normalized spacial score (nSPS) is 12.4. The quantitative estimate of drug-likeness (QED) is 0.801. The zero-order chi connectivity index (χ0) is 10.7. The molecule has 2 rings (SSSR count). The fourth-order valence-corrected chi connectivity index (χ4v) is 1.22. The van der Waals surface area contributed by atoms with Crippen LogP contribution in [-0.4, -0.2) is 20.1 Å². The third-order valence-corrected chi connectivity index (χ3v) is 1.94. The van der Waals surface area contributed by atoms with Crippen LogP contribution in [0.15, 0.2) is 23.2 Å². The summed E-state index contributed by atoms with van der Waals surface area (Å²) in [4.78, 5) is 11.7. The Kier molecular flexibility index (Phi) is 2.77. The molecule has 2 aromatic heterocycles. The summed E-state index contributed by atoms with van der Waals surface area (Å²) < 4.78 is 4.64. The van der Waals surface area contributed by atoms with E-state index in [1.807, 2.05) is 6.92 Å². The summed E-state index contributed by atoms with van der Waals surface area (Å²) in [5.41, 5.74) is 0. The lowest BCUT2D eigenvalue weighted by Crippen LogP contribution is -2.09. The second kappa shape index (κ2) is 4.22. The maximum atomic E-state index is 5.64. The lowest BCUT2D eigenvalue weighted by atomic mass is 10.3. The summed E-state index contributed by atoms with van der Waals surface area (Å²) >= 11 is 5.64. The fraction of sp³-hybridized carbons (Fsp3) is 0.250. The minimum Gasteiger partial charge on any atom is -0.360 e. The maximum absolute atomic E-state index is 5.64. The number of anilines is 1. The van der Waals surface area contributed by atoms with Crippen LogP contribution in [0.5, 0.6) is 0 Å². The molecule has 2 aromatic rings. The SMILES string of the molecule is CC(Nc1ccnc(Cl)n1)c1ncon1. The van der Waals surface area contributed by atoms with Crippen molar-refractivity contribution in [2.45, 2.75) is 13.0 Å². The third-order valence-electron chi connectivity index (χ3n) is 1.76. The van der Waals surface area contributed by atoms with Crippen LogP contribution in [0.25, 0.3) is 0 Å². The molecule has 2 heterocycles. The number of halogens is 1. The maximum Gasteiger partial charge on any atom is 0.224 e. The van der Waals surface area contributed by atoms with Crippen molar-refractivity contribution >= 4 is 17.4 Å². The molecular weight excluding hydrogens is 218 g/mol. The number of hydrogen-bond donors (Lipinski definition) is 1. The van der Waals surface area contributed by atoms with E-state index in [0.717, 1.165) is 0 Å². The Bertz CT molecular complexity index is 432. The number of nitrogens with zero attached hydrogens (tertiary/aromatic N) is 4. The van der Waals surface area contributed by atoms with Gasteiger partial charge < -0.3 is 9.84 Å². The van der Waals surface area contributed by atoms with Crippen molar-refractivity contribution in [1.29, 1.82) is 0 Å². The fourth-order valence-electron chi connectivity index (χ4n) is 1.07. The number of rotatable bonds is 3. The molecule has 1 unspecified atom stereocenters. The predicted octanol–water partition coefficient (Wildman–Crippen LogP) is 1.69. The van der Waals surface area contributed by atoms with Gasteiger partial charge in [-0.25, -0.2) is 9.97 Å². The Hall–Kier alpha value is -1.69. The first-order valence-electron chi connectivity index (χ1n) is 4.27. The van der Waals surface area contributed by atoms with E-state index in [-0.39, 0.29) is 11.3 Å². The minimum atomic E-state index is -0.102. The molecule has 1 N–H and O–H groups in total. The van der Waals surface area contributed by atoms with Crippen molar-refractivity contribution < 1.29 is 4.52 Å². The van der Waals surface area contributed by atoms with Crippen LogP contribution in [0.2, 0.25) is 5.28 Å².